The molecule has 0 aromatic carbocycles. The van der Waals surface area contributed by atoms with E-state index >= 15 is 0 Å². The lowest BCUT2D eigenvalue weighted by molar-refractivity contribution is -0.0742. The van der Waals surface area contributed by atoms with Crippen LogP contribution in [0.1, 0.15) is 0 Å². The number of oxime groups is 1. The molecule has 0 aromatic rings. The Morgan fingerprint density at radius 3 is 1.29 bits per heavy atom. The van der Waals surface area contributed by atoms with Gasteiger partial charge in [0.2, 0.25) is 0 Å². The van der Waals surface area contributed by atoms with E-state index in [1.807, 2.05) is 39.3 Å². The number of hydrogen-bond acceptors (Lipinski definition) is 10. The predicted octanol–water partition coefficient (Wildman–Crippen LogP) is 8.33. The molecule has 17 heteroatoms. The molecule has 0 saturated heterocycles. The number of hydrogen-bond donors (Lipinski definition) is 0. The summed E-state index contributed by atoms with van der Waals surface area (Å²) in [4.78, 5) is 5.09. The van der Waals surface area contributed by atoms with Gasteiger partial charge in [0, 0.05) is 0 Å². The van der Waals surface area contributed by atoms with Crippen molar-refractivity contribution < 1.29 is 40.1 Å². The molecule has 0 N–H and O–H groups in total. The largest absolute Gasteiger partial charge is 0.455 e. The molecule has 0 unspecified atom stereocenters. The molecule has 0 aliphatic carbocycles. The molecule has 4 atom stereocenters. The van der Waals surface area contributed by atoms with Gasteiger partial charge >= 0.3 is 7.82 Å². The van der Waals surface area contributed by atoms with Crippen molar-refractivity contribution in [3.63, 3.8) is 0 Å². The topological polar surface area (TPSA) is 103 Å². The van der Waals surface area contributed by atoms with Crippen molar-refractivity contribution in [1.82, 2.24) is 0 Å². The SMILES string of the molecule is CO/N=C/[C@H](O[Si](C)(C)C)[C@@H](O[Si](C)(C)C)[C@@H](O[Si](C)(C)C)[C@@H](COP(=O)(O[Si](C)(C)C)O[Si](C)(C)C)O[Si](C)(C)C. The van der Waals surface area contributed by atoms with Gasteiger partial charge in [-0.3, -0.25) is 4.52 Å². The summed E-state index contributed by atoms with van der Waals surface area (Å²) < 4.78 is 59.8. The minimum Gasteiger partial charge on any atom is -0.410 e. The number of nitrogens with zero attached hydrogens (tertiary/aromatic N) is 1. The maximum Gasteiger partial charge on any atom is 0.455 e. The Hall–Kier alpha value is 0.721. The van der Waals surface area contributed by atoms with Crippen molar-refractivity contribution in [2.45, 2.75) is 142 Å². The highest BCUT2D eigenvalue weighted by Gasteiger charge is 2.46. The smallest absolute Gasteiger partial charge is 0.410 e. The Balaban J connectivity index is 7.13. The Morgan fingerprint density at radius 2 is 0.952 bits per heavy atom. The van der Waals surface area contributed by atoms with E-state index in [0.29, 0.717) is 0 Å². The van der Waals surface area contributed by atoms with Crippen LogP contribution in [0.25, 0.3) is 0 Å². The fourth-order valence-corrected chi connectivity index (χ4v) is 14.7. The second kappa shape index (κ2) is 16.0. The molecule has 0 aliphatic heterocycles. The van der Waals surface area contributed by atoms with E-state index in [4.69, 9.17) is 35.5 Å². The zero-order valence-electron chi connectivity index (χ0n) is 30.2. The summed E-state index contributed by atoms with van der Waals surface area (Å²) in [5, 5.41) is 4.11. The summed E-state index contributed by atoms with van der Waals surface area (Å²) in [6.07, 6.45) is -0.761. The first kappa shape index (κ1) is 42.7. The van der Waals surface area contributed by atoms with Crippen LogP contribution in [0.2, 0.25) is 118 Å². The van der Waals surface area contributed by atoms with E-state index in [2.05, 4.69) is 83.7 Å². The van der Waals surface area contributed by atoms with Gasteiger partial charge in [0.05, 0.1) is 25.0 Å². The zero-order chi connectivity index (χ0) is 33.6. The van der Waals surface area contributed by atoms with Crippen molar-refractivity contribution in [1.29, 1.82) is 0 Å². The first-order valence-electron chi connectivity index (χ1n) is 14.8. The zero-order valence-corrected chi connectivity index (χ0v) is 37.1. The lowest BCUT2D eigenvalue weighted by Crippen LogP contribution is -2.59. The van der Waals surface area contributed by atoms with E-state index in [-0.39, 0.29) is 6.61 Å². The van der Waals surface area contributed by atoms with Crippen LogP contribution in [-0.2, 0) is 40.1 Å². The van der Waals surface area contributed by atoms with Gasteiger partial charge in [-0.25, -0.2) is 4.57 Å². The van der Waals surface area contributed by atoms with Crippen LogP contribution in [-0.4, -0.2) is 94.3 Å². The number of phosphoric acid groups is 1. The predicted molar refractivity (Wildman–Crippen MR) is 191 cm³/mol. The van der Waals surface area contributed by atoms with Gasteiger partial charge in [0.1, 0.15) is 19.3 Å². The van der Waals surface area contributed by atoms with Crippen LogP contribution < -0.4 is 0 Å². The highest BCUT2D eigenvalue weighted by atomic mass is 31.2. The second-order valence-electron chi connectivity index (χ2n) is 16.4. The Morgan fingerprint density at radius 1 is 0.571 bits per heavy atom. The van der Waals surface area contributed by atoms with E-state index < -0.39 is 82.1 Å². The molecule has 0 amide bonds. The summed E-state index contributed by atoms with van der Waals surface area (Å²) in [5.74, 6) is 0. The molecule has 0 aromatic heterocycles. The van der Waals surface area contributed by atoms with E-state index in [9.17, 15) is 4.57 Å². The summed E-state index contributed by atoms with van der Waals surface area (Å²) >= 11 is 0. The fourth-order valence-electron chi connectivity index (χ4n) is 3.76. The van der Waals surface area contributed by atoms with Crippen LogP contribution in [0.5, 0.6) is 0 Å². The summed E-state index contributed by atoms with van der Waals surface area (Å²) in [7, 11) is -15.7. The van der Waals surface area contributed by atoms with Crippen molar-refractivity contribution in [2.24, 2.45) is 5.16 Å². The molecule has 0 rings (SSSR count). The maximum atomic E-state index is 14.1. The number of rotatable bonds is 20. The Kier molecular flexibility index (Phi) is 16.3. The summed E-state index contributed by atoms with van der Waals surface area (Å²) in [5.41, 5.74) is 0. The van der Waals surface area contributed by atoms with Crippen LogP contribution in [0.4, 0.5) is 0 Å². The van der Waals surface area contributed by atoms with Crippen LogP contribution in [0.3, 0.4) is 0 Å². The average molecular weight is 722 g/mol. The third-order valence-corrected chi connectivity index (χ3v) is 15.1. The normalized spacial score (nSPS) is 17.8. The van der Waals surface area contributed by atoms with Gasteiger partial charge in [-0.2, -0.15) is 0 Å². The molecule has 0 radical (unpaired) electrons. The fraction of sp³-hybridized carbons (Fsp3) is 0.960. The molecule has 0 bridgehead atoms. The molecule has 0 heterocycles. The van der Waals surface area contributed by atoms with Gasteiger partial charge in [-0.15, -0.1) is 0 Å². The van der Waals surface area contributed by atoms with E-state index in [0.717, 1.165) is 0 Å². The minimum absolute atomic E-state index is 0.0572. The van der Waals surface area contributed by atoms with Crippen molar-refractivity contribution >= 4 is 63.9 Å². The average Bonchev–Trinajstić information content (AvgIpc) is 2.65. The Labute approximate surface area is 264 Å². The molecule has 0 saturated carbocycles. The van der Waals surface area contributed by atoms with Crippen LogP contribution in [0, 0.1) is 0 Å². The summed E-state index contributed by atoms with van der Waals surface area (Å²) in [6, 6.07) is 0. The van der Waals surface area contributed by atoms with Crippen molar-refractivity contribution in [3.8, 4) is 0 Å². The molecule has 0 fully saturated rings. The monoisotopic (exact) mass is 721 g/mol. The Bertz CT molecular complexity index is 868. The highest BCUT2D eigenvalue weighted by molar-refractivity contribution is 7.52. The lowest BCUT2D eigenvalue weighted by Gasteiger charge is -2.44. The molecule has 252 valence electrons. The van der Waals surface area contributed by atoms with Gasteiger partial charge in [-0.1, -0.05) is 5.16 Å². The summed E-state index contributed by atoms with van der Waals surface area (Å²) in [6.45, 7) is 37.2. The molecular formula is C25H64NO9PSi6. The minimum atomic E-state index is -3.91. The van der Waals surface area contributed by atoms with E-state index in [1.165, 1.54) is 7.11 Å². The molecule has 42 heavy (non-hydrogen) atoms. The van der Waals surface area contributed by atoms with Gasteiger partial charge in [0.15, 0.2) is 49.9 Å². The van der Waals surface area contributed by atoms with Gasteiger partial charge in [-0.05, 0) is 118 Å². The van der Waals surface area contributed by atoms with Crippen LogP contribution >= 0.6 is 7.82 Å². The first-order chi connectivity index (χ1) is 18.3. The highest BCUT2D eigenvalue weighted by Crippen LogP contribution is 2.54. The van der Waals surface area contributed by atoms with Gasteiger partial charge < -0.3 is 31.0 Å². The van der Waals surface area contributed by atoms with Crippen LogP contribution in [0.15, 0.2) is 5.16 Å². The third kappa shape index (κ3) is 21.5. The lowest BCUT2D eigenvalue weighted by atomic mass is 10.0. The second-order valence-corrected chi connectivity index (χ2v) is 45.3. The molecular weight excluding hydrogens is 658 g/mol. The van der Waals surface area contributed by atoms with Crippen molar-refractivity contribution in [2.75, 3.05) is 13.7 Å². The molecule has 10 nitrogen and oxygen atoms in total. The third-order valence-electron chi connectivity index (χ3n) is 4.47. The maximum absolute atomic E-state index is 14.1. The van der Waals surface area contributed by atoms with Crippen molar-refractivity contribution in [3.05, 3.63) is 0 Å². The quantitative estimate of drug-likeness (QED) is 0.0531. The van der Waals surface area contributed by atoms with E-state index in [1.54, 1.807) is 6.21 Å². The molecule has 0 aliphatic rings. The standard InChI is InChI=1S/C25H64NO9PSi6/c1-28-26-20-22(30-37(2,3)4)24(32-39(8,9)10)25(33-40(11,12)13)23(31-38(5,6)7)21-29-36(27,34-41(14,15)16)35-42(17,18)19/h20,22-25H,21H2,1-19H3/b26-20+/t22-,23+,24+,25-/m0/s1. The van der Waals surface area contributed by atoms with Gasteiger partial charge in [0.25, 0.3) is 0 Å². The molecule has 0 spiro atoms. The first-order valence-corrected chi connectivity index (χ1v) is 36.7.